The third-order valence-electron chi connectivity index (χ3n) is 4.66. The molecule has 2 heteroatoms. The lowest BCUT2D eigenvalue weighted by Crippen LogP contribution is -2.32. The van der Waals surface area contributed by atoms with E-state index in [1.165, 1.54) is 0 Å². The van der Waals surface area contributed by atoms with Crippen molar-refractivity contribution in [3.05, 3.63) is 120 Å². The number of ether oxygens (including phenoxy) is 1. The average Bonchev–Trinajstić information content (AvgIpc) is 2.65. The predicted octanol–water partition coefficient (Wildman–Crippen LogP) is 6.54. The first kappa shape index (κ1) is 22.2. The summed E-state index contributed by atoms with van der Waals surface area (Å²) in [5, 5.41) is 0. The minimum absolute atomic E-state index is 0.245. The molecule has 1 unspecified atom stereocenters. The highest BCUT2D eigenvalue weighted by molar-refractivity contribution is 5.76. The molecule has 29 heavy (non-hydrogen) atoms. The molecule has 0 spiro atoms. The molecule has 1 aliphatic rings. The number of allylic oxidation sites excluding steroid dienone is 13. The van der Waals surface area contributed by atoms with Crippen LogP contribution in [0, 0.1) is 5.92 Å². The van der Waals surface area contributed by atoms with Gasteiger partial charge < -0.3 is 4.74 Å². The van der Waals surface area contributed by atoms with Crippen LogP contribution in [0.25, 0.3) is 5.57 Å². The van der Waals surface area contributed by atoms with Crippen LogP contribution >= 0.6 is 0 Å². The smallest absolute Gasteiger partial charge is 0.215 e. The van der Waals surface area contributed by atoms with Crippen LogP contribution in [0.4, 0.5) is 0 Å². The summed E-state index contributed by atoms with van der Waals surface area (Å²) in [7, 11) is 2.05. The van der Waals surface area contributed by atoms with E-state index in [1.54, 1.807) is 6.08 Å². The lowest BCUT2D eigenvalue weighted by molar-refractivity contribution is -0.673. The Kier molecular flexibility index (Phi) is 7.97. The Morgan fingerprint density at radius 2 is 1.86 bits per heavy atom. The zero-order valence-corrected chi connectivity index (χ0v) is 18.3. The molecule has 0 radical (unpaired) electrons. The standard InChI is InChI=1S/C27H32NO/c1-8-9-12-25-15-14-20(2)18-23(5)29-24(6)27(22(4)17-21(3)19-25)26-13-10-11-16-28(26)7/h8-19,21H,1,5H2,2-4,6-7H3/q+1/b12-9-,15-14+,20-18+,22-17-,25-19-,27-24-. The van der Waals surface area contributed by atoms with Crippen molar-refractivity contribution < 1.29 is 9.30 Å². The third kappa shape index (κ3) is 6.46. The zero-order valence-electron chi connectivity index (χ0n) is 18.3. The Hall–Kier alpha value is -3.13. The van der Waals surface area contributed by atoms with Crippen LogP contribution in [-0.2, 0) is 11.8 Å². The Bertz CT molecular complexity index is 964. The average molecular weight is 387 g/mol. The molecule has 1 aromatic rings. The Labute approximate surface area is 175 Å². The predicted molar refractivity (Wildman–Crippen MR) is 124 cm³/mol. The van der Waals surface area contributed by atoms with Gasteiger partial charge in [-0.1, -0.05) is 62.6 Å². The van der Waals surface area contributed by atoms with E-state index in [0.717, 1.165) is 33.7 Å². The second-order valence-electron chi connectivity index (χ2n) is 7.39. The second-order valence-corrected chi connectivity index (χ2v) is 7.39. The summed E-state index contributed by atoms with van der Waals surface area (Å²) in [5.41, 5.74) is 5.55. The summed E-state index contributed by atoms with van der Waals surface area (Å²) in [6.45, 7) is 16.2. The quantitative estimate of drug-likeness (QED) is 0.425. The Balaban J connectivity index is 2.68. The molecule has 0 amide bonds. The summed E-state index contributed by atoms with van der Waals surface area (Å²) in [5.74, 6) is 1.70. The van der Waals surface area contributed by atoms with E-state index >= 15 is 0 Å². The van der Waals surface area contributed by atoms with Crippen molar-refractivity contribution in [2.24, 2.45) is 13.0 Å². The number of rotatable bonds is 3. The molecule has 0 N–H and O–H groups in total. The molecule has 0 saturated carbocycles. The van der Waals surface area contributed by atoms with Crippen LogP contribution < -0.4 is 4.57 Å². The molecule has 150 valence electrons. The number of aromatic nitrogens is 1. The van der Waals surface area contributed by atoms with E-state index in [0.29, 0.717) is 5.76 Å². The summed E-state index contributed by atoms with van der Waals surface area (Å²) >= 11 is 0. The van der Waals surface area contributed by atoms with Crippen molar-refractivity contribution in [3.63, 3.8) is 0 Å². The van der Waals surface area contributed by atoms with Gasteiger partial charge in [0.05, 0.1) is 5.57 Å². The number of nitrogens with zero attached hydrogens (tertiary/aromatic N) is 1. The van der Waals surface area contributed by atoms with Gasteiger partial charge in [-0.3, -0.25) is 0 Å². The molecule has 2 nitrogen and oxygen atoms in total. The highest BCUT2D eigenvalue weighted by Gasteiger charge is 2.19. The van der Waals surface area contributed by atoms with Gasteiger partial charge in [0.1, 0.15) is 18.6 Å². The van der Waals surface area contributed by atoms with Crippen molar-refractivity contribution in [2.45, 2.75) is 27.7 Å². The van der Waals surface area contributed by atoms with Gasteiger partial charge in [-0.05, 0) is 55.6 Å². The van der Waals surface area contributed by atoms with Gasteiger partial charge >= 0.3 is 0 Å². The zero-order chi connectivity index (χ0) is 21.4. The first-order chi connectivity index (χ1) is 13.8. The lowest BCUT2D eigenvalue weighted by atomic mass is 9.96. The summed E-state index contributed by atoms with van der Waals surface area (Å²) in [6, 6.07) is 6.19. The van der Waals surface area contributed by atoms with Gasteiger partial charge in [-0.2, -0.15) is 0 Å². The topological polar surface area (TPSA) is 13.1 Å². The lowest BCUT2D eigenvalue weighted by Gasteiger charge is -2.14. The molecule has 0 aromatic carbocycles. The minimum Gasteiger partial charge on any atom is -0.462 e. The van der Waals surface area contributed by atoms with Gasteiger partial charge in [0.25, 0.3) is 0 Å². The molecular weight excluding hydrogens is 354 g/mol. The van der Waals surface area contributed by atoms with Crippen LogP contribution in [0.15, 0.2) is 114 Å². The van der Waals surface area contributed by atoms with E-state index in [2.05, 4.69) is 68.0 Å². The number of hydrogen-bond acceptors (Lipinski definition) is 1. The maximum atomic E-state index is 6.13. The molecule has 0 fully saturated rings. The van der Waals surface area contributed by atoms with Crippen molar-refractivity contribution in [1.29, 1.82) is 0 Å². The molecular formula is C27H32NO+. The monoisotopic (exact) mass is 386 g/mol. The fourth-order valence-corrected chi connectivity index (χ4v) is 3.43. The van der Waals surface area contributed by atoms with E-state index in [4.69, 9.17) is 4.74 Å². The second kappa shape index (κ2) is 10.4. The first-order valence-corrected chi connectivity index (χ1v) is 9.90. The van der Waals surface area contributed by atoms with E-state index in [1.807, 2.05) is 51.4 Å². The molecule has 0 saturated heterocycles. The van der Waals surface area contributed by atoms with E-state index in [9.17, 15) is 0 Å². The maximum Gasteiger partial charge on any atom is 0.215 e. The SMILES string of the molecule is C=C\C=C/C1=C/C(C)/C=C(C)\C(c2cccc[n+]2C)=C(/C)OC(=C)\C=C(C)\C=C\1. The molecule has 2 heterocycles. The number of hydrogen-bond donors (Lipinski definition) is 0. The molecule has 1 atom stereocenters. The summed E-state index contributed by atoms with van der Waals surface area (Å²) in [4.78, 5) is 0. The van der Waals surface area contributed by atoms with Crippen molar-refractivity contribution in [3.8, 4) is 0 Å². The number of aryl methyl sites for hydroxylation is 1. The van der Waals surface area contributed by atoms with E-state index in [-0.39, 0.29) is 5.92 Å². The van der Waals surface area contributed by atoms with Gasteiger partial charge in [-0.25, -0.2) is 4.57 Å². The van der Waals surface area contributed by atoms with Crippen LogP contribution in [-0.4, -0.2) is 0 Å². The minimum atomic E-state index is 0.245. The van der Waals surface area contributed by atoms with Crippen LogP contribution in [0.2, 0.25) is 0 Å². The van der Waals surface area contributed by atoms with Gasteiger partial charge in [0, 0.05) is 12.1 Å². The fraction of sp³-hybridized carbons (Fsp3) is 0.222. The number of pyridine rings is 1. The van der Waals surface area contributed by atoms with Gasteiger partial charge in [0.15, 0.2) is 6.20 Å². The van der Waals surface area contributed by atoms with Crippen molar-refractivity contribution >= 4 is 5.57 Å². The molecule has 0 bridgehead atoms. The molecule has 0 aliphatic carbocycles. The third-order valence-corrected chi connectivity index (χ3v) is 4.66. The molecule has 2 rings (SSSR count). The van der Waals surface area contributed by atoms with Gasteiger partial charge in [-0.15, -0.1) is 0 Å². The van der Waals surface area contributed by atoms with Crippen molar-refractivity contribution in [2.75, 3.05) is 0 Å². The highest BCUT2D eigenvalue weighted by Crippen LogP contribution is 2.28. The highest BCUT2D eigenvalue weighted by atomic mass is 16.5. The maximum absolute atomic E-state index is 6.13. The summed E-state index contributed by atoms with van der Waals surface area (Å²) < 4.78 is 8.24. The molecule has 1 aliphatic heterocycles. The van der Waals surface area contributed by atoms with Crippen molar-refractivity contribution in [1.82, 2.24) is 0 Å². The van der Waals surface area contributed by atoms with Crippen LogP contribution in [0.1, 0.15) is 33.4 Å². The molecule has 1 aromatic heterocycles. The summed E-state index contributed by atoms with van der Waals surface area (Å²) in [6.07, 6.45) is 18.5. The Morgan fingerprint density at radius 3 is 2.55 bits per heavy atom. The fourth-order valence-electron chi connectivity index (χ4n) is 3.43. The van der Waals surface area contributed by atoms with Crippen LogP contribution in [0.3, 0.4) is 0 Å². The van der Waals surface area contributed by atoms with E-state index < -0.39 is 0 Å². The first-order valence-electron chi connectivity index (χ1n) is 9.90. The van der Waals surface area contributed by atoms with Gasteiger partial charge in [0.2, 0.25) is 5.69 Å². The normalized spacial score (nSPS) is 27.8. The Morgan fingerprint density at radius 1 is 1.10 bits per heavy atom. The van der Waals surface area contributed by atoms with Crippen LogP contribution in [0.5, 0.6) is 0 Å². The largest absolute Gasteiger partial charge is 0.462 e.